The minimum atomic E-state index is -0.203. The topological polar surface area (TPSA) is 108 Å². The minimum absolute atomic E-state index is 0.0966. The van der Waals surface area contributed by atoms with Crippen molar-refractivity contribution < 1.29 is 19.1 Å². The van der Waals surface area contributed by atoms with Gasteiger partial charge in [0.15, 0.2) is 23.4 Å². The second-order valence-electron chi connectivity index (χ2n) is 6.41. The molecule has 0 saturated carbocycles. The fraction of sp³-hybridized carbons (Fsp3) is 0.333. The fourth-order valence-corrected chi connectivity index (χ4v) is 3.23. The lowest BCUT2D eigenvalue weighted by atomic mass is 10.2. The van der Waals surface area contributed by atoms with Gasteiger partial charge in [-0.1, -0.05) is 23.4 Å². The van der Waals surface area contributed by atoms with Crippen molar-refractivity contribution in [2.45, 2.75) is 32.2 Å². The van der Waals surface area contributed by atoms with E-state index in [1.54, 1.807) is 12.1 Å². The van der Waals surface area contributed by atoms with Crippen LogP contribution in [0.1, 0.15) is 25.0 Å². The molecule has 3 aromatic heterocycles. The molecule has 0 amide bonds. The third-order valence-corrected chi connectivity index (χ3v) is 4.58. The van der Waals surface area contributed by atoms with Crippen LogP contribution in [-0.4, -0.2) is 43.0 Å². The van der Waals surface area contributed by atoms with E-state index in [-0.39, 0.29) is 18.8 Å². The molecule has 0 radical (unpaired) electrons. The number of aromatic hydroxyl groups is 1. The molecular formula is C18H17N5O4. The van der Waals surface area contributed by atoms with E-state index in [9.17, 15) is 5.11 Å². The zero-order chi connectivity index (χ0) is 18.2. The molecule has 1 aromatic carbocycles. The van der Waals surface area contributed by atoms with Crippen LogP contribution in [0.4, 0.5) is 0 Å². The molecule has 9 heteroatoms. The first-order chi connectivity index (χ1) is 13.3. The van der Waals surface area contributed by atoms with Crippen LogP contribution in [0.15, 0.2) is 34.9 Å². The van der Waals surface area contributed by atoms with Crippen LogP contribution in [0, 0.1) is 0 Å². The molecule has 1 unspecified atom stereocenters. The molecule has 1 N–H and O–H groups in total. The predicted octanol–water partition coefficient (Wildman–Crippen LogP) is 2.68. The zero-order valence-corrected chi connectivity index (χ0v) is 14.4. The minimum Gasteiger partial charge on any atom is -0.492 e. The van der Waals surface area contributed by atoms with Crippen molar-refractivity contribution in [1.29, 1.82) is 0 Å². The third-order valence-electron chi connectivity index (χ3n) is 4.58. The summed E-state index contributed by atoms with van der Waals surface area (Å²) in [4.78, 5) is 0. The van der Waals surface area contributed by atoms with Crippen LogP contribution in [0.3, 0.4) is 0 Å². The molecule has 4 heterocycles. The maximum absolute atomic E-state index is 10.2. The zero-order valence-electron chi connectivity index (χ0n) is 14.4. The third kappa shape index (κ3) is 2.90. The molecule has 0 aliphatic carbocycles. The van der Waals surface area contributed by atoms with Crippen molar-refractivity contribution in [3.63, 3.8) is 0 Å². The summed E-state index contributed by atoms with van der Waals surface area (Å²) in [5, 5.41) is 28.2. The number of aromatic nitrogens is 5. The Balaban J connectivity index is 1.45. The van der Waals surface area contributed by atoms with Crippen LogP contribution in [0.2, 0.25) is 0 Å². The molecule has 9 nitrogen and oxygen atoms in total. The van der Waals surface area contributed by atoms with Crippen LogP contribution in [0.5, 0.6) is 5.88 Å². The molecule has 0 spiro atoms. The molecule has 1 aliphatic rings. The van der Waals surface area contributed by atoms with Crippen molar-refractivity contribution >= 4 is 16.4 Å². The second kappa shape index (κ2) is 6.60. The number of benzene rings is 1. The van der Waals surface area contributed by atoms with Gasteiger partial charge in [0, 0.05) is 23.4 Å². The SMILES string of the molecule is Oc1nn2c(-c3cc(COC4CCCCO4)on3)nnc2c2ccccc12. The molecule has 27 heavy (non-hydrogen) atoms. The van der Waals surface area contributed by atoms with E-state index in [1.807, 2.05) is 18.2 Å². The van der Waals surface area contributed by atoms with Gasteiger partial charge in [0.05, 0.1) is 0 Å². The Morgan fingerprint density at radius 2 is 2.07 bits per heavy atom. The molecule has 4 aromatic rings. The Kier molecular flexibility index (Phi) is 3.95. The molecule has 1 atom stereocenters. The quantitative estimate of drug-likeness (QED) is 0.586. The summed E-state index contributed by atoms with van der Waals surface area (Å²) in [5.41, 5.74) is 1.00. The van der Waals surface area contributed by atoms with Crippen molar-refractivity contribution in [2.24, 2.45) is 0 Å². The van der Waals surface area contributed by atoms with Gasteiger partial charge in [0.25, 0.3) is 0 Å². The molecule has 5 rings (SSSR count). The van der Waals surface area contributed by atoms with Gasteiger partial charge >= 0.3 is 0 Å². The summed E-state index contributed by atoms with van der Waals surface area (Å²) in [7, 11) is 0. The first kappa shape index (κ1) is 16.2. The normalized spacial score (nSPS) is 17.7. The largest absolute Gasteiger partial charge is 0.492 e. The number of fused-ring (bicyclic) bond motifs is 3. The van der Waals surface area contributed by atoms with Crippen LogP contribution in [-0.2, 0) is 16.1 Å². The van der Waals surface area contributed by atoms with Gasteiger partial charge in [-0.15, -0.1) is 15.3 Å². The molecule has 1 saturated heterocycles. The van der Waals surface area contributed by atoms with E-state index in [4.69, 9.17) is 14.0 Å². The highest BCUT2D eigenvalue weighted by Crippen LogP contribution is 2.27. The number of nitrogens with zero attached hydrogens (tertiary/aromatic N) is 5. The number of rotatable bonds is 4. The highest BCUT2D eigenvalue weighted by Gasteiger charge is 2.19. The maximum atomic E-state index is 10.2. The van der Waals surface area contributed by atoms with E-state index in [0.29, 0.717) is 28.3 Å². The number of hydrogen-bond donors (Lipinski definition) is 1. The predicted molar refractivity (Wildman–Crippen MR) is 93.8 cm³/mol. The maximum Gasteiger partial charge on any atom is 0.237 e. The van der Waals surface area contributed by atoms with E-state index in [0.717, 1.165) is 31.3 Å². The van der Waals surface area contributed by atoms with Gasteiger partial charge in [0.2, 0.25) is 11.7 Å². The Morgan fingerprint density at radius 1 is 1.19 bits per heavy atom. The van der Waals surface area contributed by atoms with Gasteiger partial charge in [-0.3, -0.25) is 0 Å². The van der Waals surface area contributed by atoms with E-state index < -0.39 is 0 Å². The monoisotopic (exact) mass is 367 g/mol. The second-order valence-corrected chi connectivity index (χ2v) is 6.41. The summed E-state index contributed by atoms with van der Waals surface area (Å²) >= 11 is 0. The van der Waals surface area contributed by atoms with Crippen molar-refractivity contribution in [2.75, 3.05) is 6.61 Å². The highest BCUT2D eigenvalue weighted by molar-refractivity contribution is 5.96. The lowest BCUT2D eigenvalue weighted by molar-refractivity contribution is -0.171. The van der Waals surface area contributed by atoms with Crippen molar-refractivity contribution in [1.82, 2.24) is 25.0 Å². The Labute approximate surface area is 153 Å². The van der Waals surface area contributed by atoms with Gasteiger partial charge in [-0.05, 0) is 25.3 Å². The first-order valence-electron chi connectivity index (χ1n) is 8.82. The molecule has 1 fully saturated rings. The average Bonchev–Trinajstić information content (AvgIpc) is 3.34. The lowest BCUT2D eigenvalue weighted by Gasteiger charge is -2.21. The fourth-order valence-electron chi connectivity index (χ4n) is 3.23. The van der Waals surface area contributed by atoms with Crippen LogP contribution >= 0.6 is 0 Å². The smallest absolute Gasteiger partial charge is 0.237 e. The Hall–Kier alpha value is -3.04. The Bertz CT molecular complexity index is 1100. The van der Waals surface area contributed by atoms with Crippen LogP contribution in [0.25, 0.3) is 27.9 Å². The van der Waals surface area contributed by atoms with Gasteiger partial charge in [0.1, 0.15) is 6.61 Å². The highest BCUT2D eigenvalue weighted by atomic mass is 16.7. The summed E-state index contributed by atoms with van der Waals surface area (Å²) in [6.45, 7) is 0.983. The van der Waals surface area contributed by atoms with E-state index >= 15 is 0 Å². The molecule has 1 aliphatic heterocycles. The van der Waals surface area contributed by atoms with E-state index in [1.165, 1.54) is 4.52 Å². The summed E-state index contributed by atoms with van der Waals surface area (Å²) < 4.78 is 18.1. The number of ether oxygens (including phenoxy) is 2. The van der Waals surface area contributed by atoms with Crippen molar-refractivity contribution in [3.8, 4) is 17.4 Å². The van der Waals surface area contributed by atoms with Gasteiger partial charge in [-0.25, -0.2) is 0 Å². The average molecular weight is 367 g/mol. The Morgan fingerprint density at radius 3 is 2.93 bits per heavy atom. The lowest BCUT2D eigenvalue weighted by Crippen LogP contribution is -2.21. The van der Waals surface area contributed by atoms with Gasteiger partial charge < -0.3 is 19.1 Å². The first-order valence-corrected chi connectivity index (χ1v) is 8.82. The summed E-state index contributed by atoms with van der Waals surface area (Å²) in [6, 6.07) is 9.07. The van der Waals surface area contributed by atoms with Gasteiger partial charge in [-0.2, -0.15) is 4.52 Å². The molecule has 138 valence electrons. The summed E-state index contributed by atoms with van der Waals surface area (Å²) in [5.74, 6) is 0.844. The standard InChI is InChI=1S/C18H17N5O4/c24-18-13-6-2-1-5-12(13)16-19-20-17(23(16)21-18)14-9-11(27-22-14)10-26-15-7-3-4-8-25-15/h1-2,5-6,9,15H,3-4,7-8,10H2,(H,21,24). The summed E-state index contributed by atoms with van der Waals surface area (Å²) in [6.07, 6.45) is 2.85. The molecule has 0 bridgehead atoms. The van der Waals surface area contributed by atoms with E-state index in [2.05, 4.69) is 20.5 Å². The number of hydrogen-bond acceptors (Lipinski definition) is 8. The van der Waals surface area contributed by atoms with Crippen LogP contribution < -0.4 is 0 Å². The molecular weight excluding hydrogens is 350 g/mol. The van der Waals surface area contributed by atoms with Crippen molar-refractivity contribution in [3.05, 3.63) is 36.1 Å².